The van der Waals surface area contributed by atoms with Crippen molar-refractivity contribution in [2.45, 2.75) is 6.92 Å². The van der Waals surface area contributed by atoms with Crippen LogP contribution in [0.25, 0.3) is 0 Å². The average molecular weight is 223 g/mol. The molecular weight excluding hydrogens is 214 g/mol. The zero-order valence-corrected chi connectivity index (χ0v) is 8.42. The molecule has 0 aliphatic heterocycles. The summed E-state index contributed by atoms with van der Waals surface area (Å²) in [6.07, 6.45) is 0. The summed E-state index contributed by atoms with van der Waals surface area (Å²) in [7, 11) is -4.47. The van der Waals surface area contributed by atoms with Crippen molar-refractivity contribution in [2.75, 3.05) is 0 Å². The van der Waals surface area contributed by atoms with Gasteiger partial charge in [0, 0.05) is 5.02 Å². The van der Waals surface area contributed by atoms with Gasteiger partial charge in [-0.25, -0.2) is 4.57 Å². The first-order chi connectivity index (χ1) is 5.88. The van der Waals surface area contributed by atoms with E-state index >= 15 is 0 Å². The Morgan fingerprint density at radius 3 is 2.54 bits per heavy atom. The Hall–Kier alpha value is -0.540. The highest BCUT2D eigenvalue weighted by Crippen LogP contribution is 2.39. The normalized spacial score (nSPS) is 11.4. The minimum absolute atomic E-state index is 0.137. The molecule has 1 aromatic carbocycles. The Morgan fingerprint density at radius 1 is 1.46 bits per heavy atom. The van der Waals surface area contributed by atoms with Crippen molar-refractivity contribution < 1.29 is 18.9 Å². The molecule has 0 aliphatic rings. The highest BCUT2D eigenvalue weighted by atomic mass is 35.5. The summed E-state index contributed by atoms with van der Waals surface area (Å²) in [6, 6.07) is 4.48. The first kappa shape index (κ1) is 10.5. The van der Waals surface area contributed by atoms with Gasteiger partial charge >= 0.3 is 7.82 Å². The molecule has 13 heavy (non-hydrogen) atoms. The lowest BCUT2D eigenvalue weighted by molar-refractivity contribution is 0.282. The molecule has 0 saturated carbocycles. The fourth-order valence-corrected chi connectivity index (χ4v) is 1.53. The Kier molecular flexibility index (Phi) is 2.98. The molecule has 0 heterocycles. The summed E-state index contributed by atoms with van der Waals surface area (Å²) in [5, 5.41) is 0.496. The third kappa shape index (κ3) is 3.36. The molecule has 0 aliphatic carbocycles. The third-order valence-corrected chi connectivity index (χ3v) is 2.02. The average Bonchev–Trinajstić information content (AvgIpc) is 1.93. The number of phosphoric ester groups is 1. The van der Waals surface area contributed by atoms with Gasteiger partial charge < -0.3 is 4.52 Å². The first-order valence-corrected chi connectivity index (χ1v) is 5.30. The Balaban J connectivity index is 2.97. The summed E-state index contributed by atoms with van der Waals surface area (Å²) in [5.41, 5.74) is 0.579. The van der Waals surface area contributed by atoms with Crippen LogP contribution in [-0.2, 0) is 4.57 Å². The highest BCUT2D eigenvalue weighted by Gasteiger charge is 2.16. The fourth-order valence-electron chi connectivity index (χ4n) is 0.843. The zero-order valence-electron chi connectivity index (χ0n) is 6.77. The number of hydrogen-bond donors (Lipinski definition) is 2. The summed E-state index contributed by atoms with van der Waals surface area (Å²) in [5.74, 6) is 0.137. The maximum absolute atomic E-state index is 10.5. The minimum Gasteiger partial charge on any atom is -0.404 e. The van der Waals surface area contributed by atoms with Crippen LogP contribution in [0.2, 0.25) is 5.02 Å². The van der Waals surface area contributed by atoms with Crippen molar-refractivity contribution in [1.82, 2.24) is 0 Å². The van der Waals surface area contributed by atoms with E-state index in [1.165, 1.54) is 12.1 Å². The zero-order chi connectivity index (χ0) is 10.1. The van der Waals surface area contributed by atoms with Gasteiger partial charge in [-0.1, -0.05) is 11.6 Å². The largest absolute Gasteiger partial charge is 0.524 e. The molecule has 1 aromatic rings. The molecular formula is C7H8ClO4P. The molecule has 0 bridgehead atoms. The second-order valence-corrected chi connectivity index (χ2v) is 4.09. The second kappa shape index (κ2) is 3.68. The number of halogens is 1. The molecule has 2 N–H and O–H groups in total. The lowest BCUT2D eigenvalue weighted by Crippen LogP contribution is -1.92. The van der Waals surface area contributed by atoms with Gasteiger partial charge in [0.15, 0.2) is 0 Å². The van der Waals surface area contributed by atoms with Gasteiger partial charge in [-0.15, -0.1) is 0 Å². The van der Waals surface area contributed by atoms with Crippen molar-refractivity contribution in [3.8, 4) is 5.75 Å². The predicted molar refractivity (Wildman–Crippen MR) is 48.9 cm³/mol. The molecule has 0 spiro atoms. The third-order valence-electron chi connectivity index (χ3n) is 1.35. The van der Waals surface area contributed by atoms with Crippen LogP contribution in [0.3, 0.4) is 0 Å². The van der Waals surface area contributed by atoms with E-state index in [9.17, 15) is 4.57 Å². The number of phosphoric acid groups is 1. The molecule has 0 atom stereocenters. The number of benzene rings is 1. The quantitative estimate of drug-likeness (QED) is 0.752. The van der Waals surface area contributed by atoms with Crippen LogP contribution in [0.5, 0.6) is 5.75 Å². The van der Waals surface area contributed by atoms with Crippen LogP contribution in [0.4, 0.5) is 0 Å². The molecule has 0 amide bonds. The number of aryl methyl sites for hydroxylation is 1. The second-order valence-electron chi connectivity index (χ2n) is 2.49. The van der Waals surface area contributed by atoms with Crippen molar-refractivity contribution in [2.24, 2.45) is 0 Å². The highest BCUT2D eigenvalue weighted by molar-refractivity contribution is 7.46. The smallest absolute Gasteiger partial charge is 0.404 e. The minimum atomic E-state index is -4.47. The standard InChI is InChI=1S/C7H8ClO4P/c1-5-4-6(8)2-3-7(5)12-13(9,10)11/h2-4H,1H3,(H2,9,10,11). The van der Waals surface area contributed by atoms with E-state index in [0.717, 1.165) is 0 Å². The topological polar surface area (TPSA) is 66.8 Å². The van der Waals surface area contributed by atoms with Crippen LogP contribution in [0.1, 0.15) is 5.56 Å². The van der Waals surface area contributed by atoms with E-state index in [4.69, 9.17) is 21.4 Å². The fraction of sp³-hybridized carbons (Fsp3) is 0.143. The van der Waals surface area contributed by atoms with Gasteiger partial charge in [0.1, 0.15) is 5.75 Å². The van der Waals surface area contributed by atoms with E-state index in [1.54, 1.807) is 13.0 Å². The summed E-state index contributed by atoms with van der Waals surface area (Å²) in [4.78, 5) is 17.0. The monoisotopic (exact) mass is 222 g/mol. The van der Waals surface area contributed by atoms with Gasteiger partial charge in [-0.2, -0.15) is 0 Å². The molecule has 0 radical (unpaired) electrons. The predicted octanol–water partition coefficient (Wildman–Crippen LogP) is 2.12. The maximum Gasteiger partial charge on any atom is 0.524 e. The molecule has 4 nitrogen and oxygen atoms in total. The summed E-state index contributed by atoms with van der Waals surface area (Å²) < 4.78 is 14.9. The molecule has 1 rings (SSSR count). The Morgan fingerprint density at radius 2 is 2.08 bits per heavy atom. The summed E-state index contributed by atoms with van der Waals surface area (Å²) in [6.45, 7) is 1.65. The number of rotatable bonds is 2. The van der Waals surface area contributed by atoms with Crippen LogP contribution in [0.15, 0.2) is 18.2 Å². The Labute approximate surface area is 80.4 Å². The van der Waals surface area contributed by atoms with Crippen LogP contribution in [0, 0.1) is 6.92 Å². The van der Waals surface area contributed by atoms with Gasteiger partial charge in [-0.3, -0.25) is 9.79 Å². The van der Waals surface area contributed by atoms with Gasteiger partial charge in [-0.05, 0) is 30.7 Å². The van der Waals surface area contributed by atoms with Crippen LogP contribution < -0.4 is 4.52 Å². The molecule has 6 heteroatoms. The van der Waals surface area contributed by atoms with Crippen LogP contribution >= 0.6 is 19.4 Å². The van der Waals surface area contributed by atoms with Gasteiger partial charge in [0.2, 0.25) is 0 Å². The first-order valence-electron chi connectivity index (χ1n) is 3.40. The van der Waals surface area contributed by atoms with Crippen molar-refractivity contribution in [1.29, 1.82) is 0 Å². The van der Waals surface area contributed by atoms with E-state index in [2.05, 4.69) is 4.52 Å². The van der Waals surface area contributed by atoms with E-state index < -0.39 is 7.82 Å². The lowest BCUT2D eigenvalue weighted by atomic mass is 10.2. The molecule has 0 saturated heterocycles. The SMILES string of the molecule is Cc1cc(Cl)ccc1OP(=O)(O)O. The molecule has 72 valence electrons. The van der Waals surface area contributed by atoms with Crippen molar-refractivity contribution in [3.63, 3.8) is 0 Å². The van der Waals surface area contributed by atoms with Crippen molar-refractivity contribution in [3.05, 3.63) is 28.8 Å². The van der Waals surface area contributed by atoms with E-state index in [0.29, 0.717) is 10.6 Å². The van der Waals surface area contributed by atoms with E-state index in [1.807, 2.05) is 0 Å². The number of hydrogen-bond acceptors (Lipinski definition) is 2. The molecule has 0 unspecified atom stereocenters. The van der Waals surface area contributed by atoms with E-state index in [-0.39, 0.29) is 5.75 Å². The Bertz CT molecular complexity index is 360. The molecule has 0 fully saturated rings. The molecule has 0 aromatic heterocycles. The van der Waals surface area contributed by atoms with Crippen molar-refractivity contribution >= 4 is 19.4 Å². The van der Waals surface area contributed by atoms with Gasteiger partial charge in [0.05, 0.1) is 0 Å². The van der Waals surface area contributed by atoms with Crippen LogP contribution in [-0.4, -0.2) is 9.79 Å². The lowest BCUT2D eigenvalue weighted by Gasteiger charge is -2.08. The van der Waals surface area contributed by atoms with Gasteiger partial charge in [0.25, 0.3) is 0 Å². The summed E-state index contributed by atoms with van der Waals surface area (Å²) >= 11 is 5.64. The maximum atomic E-state index is 10.5.